The Morgan fingerprint density at radius 3 is 2.67 bits per heavy atom. The van der Waals surface area contributed by atoms with Gasteiger partial charge in [0.25, 0.3) is 0 Å². The van der Waals surface area contributed by atoms with E-state index in [9.17, 15) is 8.42 Å². The lowest BCUT2D eigenvalue weighted by molar-refractivity contribution is 0.265. The molecular formula is C11H17N3O3S. The molecule has 18 heavy (non-hydrogen) atoms. The molecule has 0 aliphatic rings. The van der Waals surface area contributed by atoms with Crippen molar-refractivity contribution in [2.75, 3.05) is 6.26 Å². The maximum absolute atomic E-state index is 11.1. The maximum Gasteiger partial charge on any atom is 0.227 e. The molecule has 0 amide bonds. The first-order chi connectivity index (χ1) is 8.28. The van der Waals surface area contributed by atoms with Crippen molar-refractivity contribution in [2.45, 2.75) is 38.9 Å². The van der Waals surface area contributed by atoms with Gasteiger partial charge in [-0.2, -0.15) is 10.2 Å². The number of aromatic nitrogens is 2. The van der Waals surface area contributed by atoms with Crippen molar-refractivity contribution in [2.24, 2.45) is 5.41 Å². The number of nitriles is 1. The van der Waals surface area contributed by atoms with Crippen molar-refractivity contribution in [3.63, 3.8) is 0 Å². The van der Waals surface area contributed by atoms with Crippen molar-refractivity contribution in [1.82, 2.24) is 10.1 Å². The van der Waals surface area contributed by atoms with Crippen LogP contribution < -0.4 is 0 Å². The molecule has 0 N–H and O–H groups in total. The molecule has 0 spiro atoms. The molecule has 1 atom stereocenters. The van der Waals surface area contributed by atoms with Gasteiger partial charge in [-0.05, 0) is 11.8 Å². The first kappa shape index (κ1) is 14.6. The molecule has 1 aromatic heterocycles. The lowest BCUT2D eigenvalue weighted by atomic mass is 9.81. The number of hydrogen-bond donors (Lipinski definition) is 0. The molecule has 1 unspecified atom stereocenters. The van der Waals surface area contributed by atoms with Gasteiger partial charge in [0.05, 0.1) is 6.07 Å². The second-order valence-electron chi connectivity index (χ2n) is 4.85. The van der Waals surface area contributed by atoms with Crippen LogP contribution in [0, 0.1) is 16.7 Å². The highest BCUT2D eigenvalue weighted by Gasteiger charge is 2.26. The van der Waals surface area contributed by atoms with E-state index < -0.39 is 9.84 Å². The Morgan fingerprint density at radius 2 is 2.17 bits per heavy atom. The maximum atomic E-state index is 11.1. The van der Waals surface area contributed by atoms with E-state index in [1.807, 2.05) is 13.8 Å². The highest BCUT2D eigenvalue weighted by Crippen LogP contribution is 2.29. The zero-order valence-corrected chi connectivity index (χ0v) is 11.6. The lowest BCUT2D eigenvalue weighted by Gasteiger charge is -2.22. The Bertz CT molecular complexity index is 544. The minimum atomic E-state index is -3.16. The van der Waals surface area contributed by atoms with Gasteiger partial charge in [-0.1, -0.05) is 19.0 Å². The van der Waals surface area contributed by atoms with E-state index in [1.165, 1.54) is 0 Å². The molecule has 0 radical (unpaired) electrons. The van der Waals surface area contributed by atoms with Crippen LogP contribution in [-0.2, 0) is 22.0 Å². The van der Waals surface area contributed by atoms with Crippen LogP contribution in [-0.4, -0.2) is 24.8 Å². The molecule has 0 aliphatic carbocycles. The number of hydrogen-bond acceptors (Lipinski definition) is 6. The summed E-state index contributed by atoms with van der Waals surface area (Å²) in [6, 6.07) is 2.14. The molecule has 0 aliphatic heterocycles. The van der Waals surface area contributed by atoms with Gasteiger partial charge in [0.2, 0.25) is 5.89 Å². The summed E-state index contributed by atoms with van der Waals surface area (Å²) in [5.41, 5.74) is -0.219. The number of nitrogens with zero attached hydrogens (tertiary/aromatic N) is 3. The third-order valence-corrected chi connectivity index (χ3v) is 3.62. The summed E-state index contributed by atoms with van der Waals surface area (Å²) in [5.74, 6) is 0.327. The van der Waals surface area contributed by atoms with E-state index >= 15 is 0 Å². The Labute approximate surface area is 107 Å². The summed E-state index contributed by atoms with van der Waals surface area (Å²) in [5, 5.41) is 12.4. The lowest BCUT2D eigenvalue weighted by Crippen LogP contribution is -2.18. The smallest absolute Gasteiger partial charge is 0.227 e. The fourth-order valence-electron chi connectivity index (χ4n) is 1.52. The van der Waals surface area contributed by atoms with E-state index in [0.29, 0.717) is 18.7 Å². The Kier molecular flexibility index (Phi) is 4.46. The molecule has 0 saturated carbocycles. The fourth-order valence-corrected chi connectivity index (χ4v) is 2.11. The van der Waals surface area contributed by atoms with Crippen molar-refractivity contribution in [1.29, 1.82) is 5.26 Å². The van der Waals surface area contributed by atoms with Gasteiger partial charge < -0.3 is 4.52 Å². The number of rotatable bonds is 6. The van der Waals surface area contributed by atoms with Gasteiger partial charge in [0, 0.05) is 19.1 Å². The monoisotopic (exact) mass is 271 g/mol. The predicted octanol–water partition coefficient (Wildman–Crippen LogP) is 1.49. The van der Waals surface area contributed by atoms with Crippen molar-refractivity contribution >= 4 is 9.84 Å². The van der Waals surface area contributed by atoms with Crippen LogP contribution in [0.5, 0.6) is 0 Å². The van der Waals surface area contributed by atoms with Crippen LogP contribution in [0.25, 0.3) is 0 Å². The van der Waals surface area contributed by atoms with Crippen molar-refractivity contribution in [3.05, 3.63) is 11.7 Å². The van der Waals surface area contributed by atoms with E-state index in [4.69, 9.17) is 9.78 Å². The molecule has 1 rings (SSSR count). The standard InChI is InChI=1S/C11H17N3O3S/c1-4-11(2,5-6-12)7-10-13-9(14-17-10)8-18(3,15)16/h4-5,7-8H2,1-3H3. The first-order valence-electron chi connectivity index (χ1n) is 5.64. The third kappa shape index (κ3) is 4.45. The van der Waals surface area contributed by atoms with E-state index in [-0.39, 0.29) is 17.0 Å². The van der Waals surface area contributed by atoms with Gasteiger partial charge in [0.1, 0.15) is 5.75 Å². The van der Waals surface area contributed by atoms with Gasteiger partial charge in [-0.15, -0.1) is 0 Å². The van der Waals surface area contributed by atoms with E-state index in [0.717, 1.165) is 12.7 Å². The zero-order chi connectivity index (χ0) is 13.8. The Hall–Kier alpha value is -1.42. The first-order valence-corrected chi connectivity index (χ1v) is 7.70. The highest BCUT2D eigenvalue weighted by molar-refractivity contribution is 7.89. The van der Waals surface area contributed by atoms with Crippen LogP contribution >= 0.6 is 0 Å². The summed E-state index contributed by atoms with van der Waals surface area (Å²) in [6.07, 6.45) is 2.81. The molecular weight excluding hydrogens is 254 g/mol. The average Bonchev–Trinajstić information content (AvgIpc) is 2.63. The molecule has 0 aromatic carbocycles. The number of sulfone groups is 1. The third-order valence-electron chi connectivity index (χ3n) is 2.84. The van der Waals surface area contributed by atoms with Crippen LogP contribution in [0.3, 0.4) is 0 Å². The zero-order valence-electron chi connectivity index (χ0n) is 10.8. The fraction of sp³-hybridized carbons (Fsp3) is 0.727. The summed E-state index contributed by atoms with van der Waals surface area (Å²) < 4.78 is 27.2. The molecule has 7 heteroatoms. The molecule has 0 bridgehead atoms. The summed E-state index contributed by atoms with van der Waals surface area (Å²) in [6.45, 7) is 3.96. The molecule has 0 saturated heterocycles. The van der Waals surface area contributed by atoms with Crippen LogP contribution in [0.1, 0.15) is 38.4 Å². The van der Waals surface area contributed by atoms with E-state index in [1.54, 1.807) is 0 Å². The Balaban J connectivity index is 2.78. The summed E-state index contributed by atoms with van der Waals surface area (Å²) >= 11 is 0. The molecule has 100 valence electrons. The van der Waals surface area contributed by atoms with Gasteiger partial charge in [-0.3, -0.25) is 0 Å². The molecule has 1 aromatic rings. The van der Waals surface area contributed by atoms with Crippen molar-refractivity contribution < 1.29 is 12.9 Å². The second kappa shape index (κ2) is 5.48. The largest absolute Gasteiger partial charge is 0.339 e. The quantitative estimate of drug-likeness (QED) is 0.777. The molecule has 0 fully saturated rings. The van der Waals surface area contributed by atoms with Crippen LogP contribution in [0.4, 0.5) is 0 Å². The topological polar surface area (TPSA) is 96.8 Å². The predicted molar refractivity (Wildman–Crippen MR) is 65.2 cm³/mol. The van der Waals surface area contributed by atoms with Gasteiger partial charge in [0.15, 0.2) is 15.7 Å². The second-order valence-corrected chi connectivity index (χ2v) is 6.99. The minimum absolute atomic E-state index is 0.169. The SMILES string of the molecule is CCC(C)(CC#N)Cc1nc(CS(C)(=O)=O)no1. The van der Waals surface area contributed by atoms with Crippen LogP contribution in [0.2, 0.25) is 0 Å². The molecule has 1 heterocycles. The van der Waals surface area contributed by atoms with Crippen LogP contribution in [0.15, 0.2) is 4.52 Å². The van der Waals surface area contributed by atoms with Gasteiger partial charge >= 0.3 is 0 Å². The molecule has 6 nitrogen and oxygen atoms in total. The van der Waals surface area contributed by atoms with Crippen molar-refractivity contribution in [3.8, 4) is 6.07 Å². The van der Waals surface area contributed by atoms with E-state index in [2.05, 4.69) is 16.2 Å². The normalized spacial score (nSPS) is 15.0. The minimum Gasteiger partial charge on any atom is -0.339 e. The average molecular weight is 271 g/mol. The summed E-state index contributed by atoms with van der Waals surface area (Å²) in [7, 11) is -3.16. The summed E-state index contributed by atoms with van der Waals surface area (Å²) in [4.78, 5) is 4.04. The van der Waals surface area contributed by atoms with Gasteiger partial charge in [-0.25, -0.2) is 8.42 Å². The Morgan fingerprint density at radius 1 is 1.50 bits per heavy atom. The highest BCUT2D eigenvalue weighted by atomic mass is 32.2.